The normalized spacial score (nSPS) is 18.9. The number of aryl methyl sites for hydroxylation is 3. The number of rotatable bonds is 2. The van der Waals surface area contributed by atoms with E-state index in [1.54, 1.807) is 0 Å². The minimum Gasteiger partial charge on any atom is -0.444 e. The molecule has 0 aromatic heterocycles. The molecule has 1 fully saturated rings. The van der Waals surface area contributed by atoms with Crippen LogP contribution in [0, 0.1) is 20.8 Å². The lowest BCUT2D eigenvalue weighted by Gasteiger charge is -2.37. The van der Waals surface area contributed by atoms with Crippen LogP contribution in [0.4, 0.5) is 4.79 Å². The van der Waals surface area contributed by atoms with E-state index < -0.39 is 5.60 Å². The predicted molar refractivity (Wildman–Crippen MR) is 94.0 cm³/mol. The molecule has 0 bridgehead atoms. The zero-order valence-electron chi connectivity index (χ0n) is 15.3. The van der Waals surface area contributed by atoms with Gasteiger partial charge in [-0.15, -0.1) is 0 Å². The van der Waals surface area contributed by atoms with Crippen LogP contribution in [0.15, 0.2) is 12.1 Å². The van der Waals surface area contributed by atoms with Gasteiger partial charge in [0.15, 0.2) is 0 Å². The van der Waals surface area contributed by atoms with Crippen molar-refractivity contribution in [1.29, 1.82) is 0 Å². The largest absolute Gasteiger partial charge is 0.444 e. The van der Waals surface area contributed by atoms with Gasteiger partial charge in [-0.1, -0.05) is 17.7 Å². The maximum Gasteiger partial charge on any atom is 0.410 e. The molecule has 0 spiro atoms. The summed E-state index contributed by atoms with van der Waals surface area (Å²) >= 11 is 0. The minimum atomic E-state index is -0.456. The van der Waals surface area contributed by atoms with Crippen molar-refractivity contribution in [3.63, 3.8) is 0 Å². The van der Waals surface area contributed by atoms with Crippen LogP contribution in [0.2, 0.25) is 0 Å². The van der Waals surface area contributed by atoms with E-state index in [2.05, 4.69) is 38.2 Å². The molecule has 1 aliphatic rings. The molecule has 1 aliphatic heterocycles. The molecule has 1 heterocycles. The lowest BCUT2D eigenvalue weighted by atomic mass is 9.93. The van der Waals surface area contributed by atoms with Crippen LogP contribution < -0.4 is 5.32 Å². The summed E-state index contributed by atoms with van der Waals surface area (Å²) in [7, 11) is 0. The van der Waals surface area contributed by atoms with E-state index >= 15 is 0 Å². The van der Waals surface area contributed by atoms with Gasteiger partial charge in [0.2, 0.25) is 0 Å². The molecule has 1 atom stereocenters. The number of amides is 1. The Bertz CT molecular complexity index is 552. The highest BCUT2D eigenvalue weighted by Gasteiger charge is 2.30. The van der Waals surface area contributed by atoms with Gasteiger partial charge in [-0.05, 0) is 64.7 Å². The molecule has 128 valence electrons. The number of ether oxygens (including phenoxy) is 1. The van der Waals surface area contributed by atoms with Crippen molar-refractivity contribution in [2.75, 3.05) is 19.6 Å². The van der Waals surface area contributed by atoms with Crippen molar-refractivity contribution in [2.45, 2.75) is 59.6 Å². The second kappa shape index (κ2) is 6.91. The molecule has 1 aromatic rings. The van der Waals surface area contributed by atoms with Crippen molar-refractivity contribution < 1.29 is 9.53 Å². The summed E-state index contributed by atoms with van der Waals surface area (Å²) in [6, 6.07) is 4.57. The number of nitrogens with zero attached hydrogens (tertiary/aromatic N) is 1. The van der Waals surface area contributed by atoms with E-state index in [4.69, 9.17) is 4.74 Å². The summed E-state index contributed by atoms with van der Waals surface area (Å²) in [5, 5.41) is 3.40. The maximum absolute atomic E-state index is 12.5. The highest BCUT2D eigenvalue weighted by Crippen LogP contribution is 2.21. The Kier molecular flexibility index (Phi) is 5.35. The fraction of sp³-hybridized carbons (Fsp3) is 0.632. The molecule has 0 radical (unpaired) electrons. The minimum absolute atomic E-state index is 0.138. The van der Waals surface area contributed by atoms with Gasteiger partial charge in [0, 0.05) is 19.6 Å². The predicted octanol–water partition coefficient (Wildman–Crippen LogP) is 3.36. The van der Waals surface area contributed by atoms with Gasteiger partial charge in [-0.2, -0.15) is 0 Å². The molecule has 2 rings (SSSR count). The number of benzene rings is 1. The molecule has 0 saturated carbocycles. The average Bonchev–Trinajstić information content (AvgIpc) is 2.41. The molecule has 4 heteroatoms. The van der Waals surface area contributed by atoms with Gasteiger partial charge in [0.25, 0.3) is 0 Å². The Labute approximate surface area is 140 Å². The smallest absolute Gasteiger partial charge is 0.410 e. The molecular formula is C19H30N2O2. The first-order chi connectivity index (χ1) is 10.7. The lowest BCUT2D eigenvalue weighted by molar-refractivity contribution is 0.0121. The van der Waals surface area contributed by atoms with Crippen LogP contribution >= 0.6 is 0 Å². The number of hydrogen-bond donors (Lipinski definition) is 1. The number of piperazine rings is 1. The number of carbonyl (C=O) groups excluding carboxylic acids is 1. The first kappa shape index (κ1) is 17.8. The van der Waals surface area contributed by atoms with E-state index in [0.717, 1.165) is 19.5 Å². The molecule has 1 unspecified atom stereocenters. The summed E-state index contributed by atoms with van der Waals surface area (Å²) in [5.41, 5.74) is 4.78. The van der Waals surface area contributed by atoms with E-state index in [-0.39, 0.29) is 12.1 Å². The fourth-order valence-electron chi connectivity index (χ4n) is 3.27. The summed E-state index contributed by atoms with van der Waals surface area (Å²) in [4.78, 5) is 14.4. The Morgan fingerprint density at radius 3 is 2.43 bits per heavy atom. The first-order valence-corrected chi connectivity index (χ1v) is 8.44. The van der Waals surface area contributed by atoms with Crippen molar-refractivity contribution in [3.05, 3.63) is 34.4 Å². The van der Waals surface area contributed by atoms with Crippen molar-refractivity contribution in [1.82, 2.24) is 10.2 Å². The number of hydrogen-bond acceptors (Lipinski definition) is 3. The SMILES string of the molecule is Cc1cc(C)c(CC2CNCCN2C(=O)OC(C)(C)C)c(C)c1. The highest BCUT2D eigenvalue weighted by atomic mass is 16.6. The summed E-state index contributed by atoms with van der Waals surface area (Å²) in [6.45, 7) is 14.5. The van der Waals surface area contributed by atoms with Crippen LogP contribution in [0.1, 0.15) is 43.0 Å². The summed E-state index contributed by atoms with van der Waals surface area (Å²) in [5.74, 6) is 0. The second-order valence-corrected chi connectivity index (χ2v) is 7.61. The zero-order valence-corrected chi connectivity index (χ0v) is 15.3. The van der Waals surface area contributed by atoms with E-state index in [9.17, 15) is 4.79 Å². The third kappa shape index (κ3) is 4.71. The monoisotopic (exact) mass is 318 g/mol. The van der Waals surface area contributed by atoms with E-state index in [1.165, 1.54) is 22.3 Å². The molecule has 23 heavy (non-hydrogen) atoms. The van der Waals surface area contributed by atoms with Crippen molar-refractivity contribution in [3.8, 4) is 0 Å². The molecule has 1 N–H and O–H groups in total. The molecule has 1 aromatic carbocycles. The van der Waals surface area contributed by atoms with Crippen LogP contribution in [0.3, 0.4) is 0 Å². The van der Waals surface area contributed by atoms with E-state index in [1.807, 2.05) is 25.7 Å². The lowest BCUT2D eigenvalue weighted by Crippen LogP contribution is -2.55. The Morgan fingerprint density at radius 2 is 1.87 bits per heavy atom. The quantitative estimate of drug-likeness (QED) is 0.909. The van der Waals surface area contributed by atoms with Gasteiger partial charge in [-0.25, -0.2) is 4.79 Å². The molecule has 1 amide bonds. The molecule has 0 aliphatic carbocycles. The Balaban J connectivity index is 2.18. The van der Waals surface area contributed by atoms with Crippen molar-refractivity contribution >= 4 is 6.09 Å². The maximum atomic E-state index is 12.5. The zero-order chi connectivity index (χ0) is 17.2. The average molecular weight is 318 g/mol. The fourth-order valence-corrected chi connectivity index (χ4v) is 3.27. The second-order valence-electron chi connectivity index (χ2n) is 7.61. The third-order valence-corrected chi connectivity index (χ3v) is 4.26. The van der Waals surface area contributed by atoms with Crippen LogP contribution in [-0.2, 0) is 11.2 Å². The summed E-state index contributed by atoms with van der Waals surface area (Å²) < 4.78 is 5.58. The summed E-state index contributed by atoms with van der Waals surface area (Å²) in [6.07, 6.45) is 0.663. The third-order valence-electron chi connectivity index (χ3n) is 4.26. The molecule has 1 saturated heterocycles. The van der Waals surface area contributed by atoms with Gasteiger partial charge < -0.3 is 15.0 Å². The first-order valence-electron chi connectivity index (χ1n) is 8.44. The number of nitrogens with one attached hydrogen (secondary N) is 1. The molecular weight excluding hydrogens is 288 g/mol. The van der Waals surface area contributed by atoms with Gasteiger partial charge in [0.05, 0.1) is 6.04 Å². The Morgan fingerprint density at radius 1 is 1.26 bits per heavy atom. The van der Waals surface area contributed by atoms with Gasteiger partial charge in [-0.3, -0.25) is 0 Å². The molecule has 4 nitrogen and oxygen atoms in total. The van der Waals surface area contributed by atoms with Crippen LogP contribution in [0.5, 0.6) is 0 Å². The van der Waals surface area contributed by atoms with Crippen LogP contribution in [-0.4, -0.2) is 42.3 Å². The standard InChI is InChI=1S/C19H30N2O2/c1-13-9-14(2)17(15(3)10-13)11-16-12-20-7-8-21(16)18(22)23-19(4,5)6/h9-10,16,20H,7-8,11-12H2,1-6H3. The van der Waals surface area contributed by atoms with Gasteiger partial charge >= 0.3 is 6.09 Å². The highest BCUT2D eigenvalue weighted by molar-refractivity contribution is 5.69. The topological polar surface area (TPSA) is 41.6 Å². The number of carbonyl (C=O) groups is 1. The van der Waals surface area contributed by atoms with Crippen LogP contribution in [0.25, 0.3) is 0 Å². The van der Waals surface area contributed by atoms with Crippen molar-refractivity contribution in [2.24, 2.45) is 0 Å². The van der Waals surface area contributed by atoms with E-state index in [0.29, 0.717) is 6.54 Å². The van der Waals surface area contributed by atoms with Gasteiger partial charge in [0.1, 0.15) is 5.60 Å². The Hall–Kier alpha value is -1.55.